The third kappa shape index (κ3) is 5.48. The normalized spacial score (nSPS) is 16.8. The molecule has 0 spiro atoms. The molecule has 0 amide bonds. The lowest BCUT2D eigenvalue weighted by Gasteiger charge is -2.10. The molecule has 0 aromatic heterocycles. The fourth-order valence-electron chi connectivity index (χ4n) is 0.752. The summed E-state index contributed by atoms with van der Waals surface area (Å²) in [6.07, 6.45) is 2.59. The zero-order valence-corrected chi connectivity index (χ0v) is 8.67. The largest absolute Gasteiger partial charge is 0.179 e. The molecule has 2 atom stereocenters. The van der Waals surface area contributed by atoms with Crippen molar-refractivity contribution in [3.05, 3.63) is 0 Å². The van der Waals surface area contributed by atoms with Crippen LogP contribution >= 0.6 is 25.3 Å². The highest BCUT2D eigenvalue weighted by Gasteiger charge is 2.02. The summed E-state index contributed by atoms with van der Waals surface area (Å²) in [7, 11) is 0. The Labute approximate surface area is 75.6 Å². The minimum atomic E-state index is 0.769. The van der Waals surface area contributed by atoms with Crippen LogP contribution in [0.25, 0.3) is 0 Å². The van der Waals surface area contributed by atoms with Gasteiger partial charge >= 0.3 is 0 Å². The first-order chi connectivity index (χ1) is 4.70. The fraction of sp³-hybridized carbons (Fsp3) is 1.00. The van der Waals surface area contributed by atoms with Crippen molar-refractivity contribution in [2.75, 3.05) is 11.5 Å². The molecule has 0 aromatic carbocycles. The van der Waals surface area contributed by atoms with Gasteiger partial charge in [0.2, 0.25) is 0 Å². The van der Waals surface area contributed by atoms with Gasteiger partial charge in [0.15, 0.2) is 0 Å². The monoisotopic (exact) mass is 178 g/mol. The van der Waals surface area contributed by atoms with E-state index >= 15 is 0 Å². The summed E-state index contributed by atoms with van der Waals surface area (Å²) < 4.78 is 0. The Morgan fingerprint density at radius 2 is 1.20 bits per heavy atom. The van der Waals surface area contributed by atoms with Crippen molar-refractivity contribution in [1.82, 2.24) is 0 Å². The van der Waals surface area contributed by atoms with E-state index in [2.05, 4.69) is 39.1 Å². The molecule has 0 rings (SSSR count). The van der Waals surface area contributed by atoms with Crippen LogP contribution in [0.1, 0.15) is 26.7 Å². The maximum atomic E-state index is 4.23. The zero-order valence-electron chi connectivity index (χ0n) is 6.88. The number of thiol groups is 2. The Hall–Kier alpha value is 0.700. The molecule has 0 fully saturated rings. The second-order valence-corrected chi connectivity index (χ2v) is 3.88. The van der Waals surface area contributed by atoms with Gasteiger partial charge in [-0.05, 0) is 36.2 Å². The highest BCUT2D eigenvalue weighted by Crippen LogP contribution is 2.13. The Morgan fingerprint density at radius 1 is 0.900 bits per heavy atom. The van der Waals surface area contributed by atoms with Crippen LogP contribution in [0, 0.1) is 11.8 Å². The van der Waals surface area contributed by atoms with Gasteiger partial charge in [0.05, 0.1) is 0 Å². The van der Waals surface area contributed by atoms with Crippen LogP contribution in [0.3, 0.4) is 0 Å². The van der Waals surface area contributed by atoms with E-state index in [0.717, 1.165) is 23.3 Å². The highest BCUT2D eigenvalue weighted by molar-refractivity contribution is 7.80. The van der Waals surface area contributed by atoms with Gasteiger partial charge in [-0.3, -0.25) is 0 Å². The van der Waals surface area contributed by atoms with Crippen molar-refractivity contribution in [3.8, 4) is 0 Å². The van der Waals surface area contributed by atoms with E-state index < -0.39 is 0 Å². The third-order valence-corrected chi connectivity index (χ3v) is 3.02. The molecular formula is C8H18S2. The summed E-state index contributed by atoms with van der Waals surface area (Å²) >= 11 is 8.46. The molecule has 0 saturated carbocycles. The number of rotatable bonds is 5. The molecule has 2 heteroatoms. The molecule has 62 valence electrons. The van der Waals surface area contributed by atoms with Crippen molar-refractivity contribution in [3.63, 3.8) is 0 Å². The molecule has 0 nitrogen and oxygen atoms in total. The second-order valence-electron chi connectivity index (χ2n) is 3.15. The first-order valence-electron chi connectivity index (χ1n) is 3.92. The Balaban J connectivity index is 3.17. The SMILES string of the molecule is CC(CS)CCC(C)CS. The van der Waals surface area contributed by atoms with Crippen LogP contribution in [0.15, 0.2) is 0 Å². The minimum Gasteiger partial charge on any atom is -0.179 e. The van der Waals surface area contributed by atoms with Crippen LogP contribution in [0.4, 0.5) is 0 Å². The maximum absolute atomic E-state index is 4.23. The maximum Gasteiger partial charge on any atom is -0.00721 e. The van der Waals surface area contributed by atoms with E-state index in [9.17, 15) is 0 Å². The predicted molar refractivity (Wildman–Crippen MR) is 55.3 cm³/mol. The van der Waals surface area contributed by atoms with Gasteiger partial charge in [0.1, 0.15) is 0 Å². The summed E-state index contributed by atoms with van der Waals surface area (Å²) in [5, 5.41) is 0. The van der Waals surface area contributed by atoms with Crippen molar-refractivity contribution < 1.29 is 0 Å². The minimum absolute atomic E-state index is 0.769. The van der Waals surface area contributed by atoms with Gasteiger partial charge in [-0.15, -0.1) is 0 Å². The number of hydrogen-bond acceptors (Lipinski definition) is 2. The molecule has 0 aromatic rings. The average molecular weight is 178 g/mol. The molecule has 0 aliphatic rings. The van der Waals surface area contributed by atoms with Crippen LogP contribution in [-0.2, 0) is 0 Å². The summed E-state index contributed by atoms with van der Waals surface area (Å²) in [5.41, 5.74) is 0. The molecule has 0 saturated heterocycles. The summed E-state index contributed by atoms with van der Waals surface area (Å²) in [4.78, 5) is 0. The lowest BCUT2D eigenvalue weighted by atomic mass is 10.0. The van der Waals surface area contributed by atoms with Crippen molar-refractivity contribution in [2.24, 2.45) is 11.8 Å². The first-order valence-corrected chi connectivity index (χ1v) is 5.19. The molecule has 0 aliphatic carbocycles. The smallest absolute Gasteiger partial charge is 0.00721 e. The predicted octanol–water partition coefficient (Wildman–Crippen LogP) is 2.90. The summed E-state index contributed by atoms with van der Waals surface area (Å²) in [5.74, 6) is 3.56. The van der Waals surface area contributed by atoms with Crippen molar-refractivity contribution in [1.29, 1.82) is 0 Å². The Morgan fingerprint density at radius 3 is 1.40 bits per heavy atom. The average Bonchev–Trinajstić information content (AvgIpc) is 1.99. The van der Waals surface area contributed by atoms with E-state index in [0.29, 0.717) is 0 Å². The Bertz CT molecular complexity index is 63.7. The van der Waals surface area contributed by atoms with E-state index in [1.54, 1.807) is 0 Å². The van der Waals surface area contributed by atoms with Crippen molar-refractivity contribution in [2.45, 2.75) is 26.7 Å². The molecule has 0 radical (unpaired) electrons. The summed E-state index contributed by atoms with van der Waals surface area (Å²) in [6, 6.07) is 0. The van der Waals surface area contributed by atoms with Gasteiger partial charge in [-0.25, -0.2) is 0 Å². The quantitative estimate of drug-likeness (QED) is 0.594. The standard InChI is InChI=1S/C8H18S2/c1-7(5-9)3-4-8(2)6-10/h7-10H,3-6H2,1-2H3. The van der Waals surface area contributed by atoms with Gasteiger partial charge in [0.25, 0.3) is 0 Å². The van der Waals surface area contributed by atoms with Crippen LogP contribution < -0.4 is 0 Å². The lowest BCUT2D eigenvalue weighted by molar-refractivity contribution is 0.486. The van der Waals surface area contributed by atoms with E-state index in [-0.39, 0.29) is 0 Å². The molecule has 0 aliphatic heterocycles. The Kier molecular flexibility index (Phi) is 6.86. The molecule has 0 bridgehead atoms. The lowest BCUT2D eigenvalue weighted by Crippen LogP contribution is -2.02. The third-order valence-electron chi connectivity index (χ3n) is 1.78. The van der Waals surface area contributed by atoms with Gasteiger partial charge < -0.3 is 0 Å². The molecule has 2 unspecified atom stereocenters. The van der Waals surface area contributed by atoms with E-state index in [4.69, 9.17) is 0 Å². The zero-order chi connectivity index (χ0) is 7.98. The molecule has 0 N–H and O–H groups in total. The fourth-order valence-corrected chi connectivity index (χ4v) is 1.12. The van der Waals surface area contributed by atoms with Gasteiger partial charge in [-0.1, -0.05) is 13.8 Å². The molecule has 0 heterocycles. The van der Waals surface area contributed by atoms with Gasteiger partial charge in [-0.2, -0.15) is 25.3 Å². The van der Waals surface area contributed by atoms with Crippen LogP contribution in [0.5, 0.6) is 0 Å². The first kappa shape index (κ1) is 10.7. The summed E-state index contributed by atoms with van der Waals surface area (Å²) in [6.45, 7) is 4.50. The number of hydrogen-bond donors (Lipinski definition) is 2. The van der Waals surface area contributed by atoms with Crippen LogP contribution in [0.2, 0.25) is 0 Å². The van der Waals surface area contributed by atoms with E-state index in [1.807, 2.05) is 0 Å². The topological polar surface area (TPSA) is 0 Å². The molecule has 10 heavy (non-hydrogen) atoms. The van der Waals surface area contributed by atoms with Crippen molar-refractivity contribution >= 4 is 25.3 Å². The van der Waals surface area contributed by atoms with Gasteiger partial charge in [0, 0.05) is 0 Å². The van der Waals surface area contributed by atoms with Crippen LogP contribution in [-0.4, -0.2) is 11.5 Å². The van der Waals surface area contributed by atoms with E-state index in [1.165, 1.54) is 12.8 Å². The second kappa shape index (κ2) is 6.41. The molecular weight excluding hydrogens is 160 g/mol. The highest BCUT2D eigenvalue weighted by atomic mass is 32.1.